The van der Waals surface area contributed by atoms with Crippen LogP contribution in [0.15, 0.2) is 57.5 Å². The van der Waals surface area contributed by atoms with Gasteiger partial charge in [0.05, 0.1) is 25.4 Å². The third-order valence-corrected chi connectivity index (χ3v) is 5.69. The molecule has 170 valence electrons. The van der Waals surface area contributed by atoms with Crippen molar-refractivity contribution in [2.45, 2.75) is 37.9 Å². The predicted octanol–water partition coefficient (Wildman–Crippen LogP) is 3.34. The second-order valence-corrected chi connectivity index (χ2v) is 9.23. The molecule has 0 bridgehead atoms. The highest BCUT2D eigenvalue weighted by Crippen LogP contribution is 2.22. The normalized spacial score (nSPS) is 12.0. The van der Waals surface area contributed by atoms with Crippen molar-refractivity contribution in [3.63, 3.8) is 0 Å². The fraction of sp³-hybridized carbons (Fsp3) is 0.304. The van der Waals surface area contributed by atoms with E-state index >= 15 is 0 Å². The molecule has 0 aliphatic carbocycles. The number of thioether (sulfide) groups is 1. The van der Waals surface area contributed by atoms with E-state index in [2.05, 4.69) is 25.6 Å². The highest BCUT2D eigenvalue weighted by molar-refractivity contribution is 7.98. The lowest BCUT2D eigenvalue weighted by molar-refractivity contribution is 0.407. The second-order valence-electron chi connectivity index (χ2n) is 8.45. The Morgan fingerprint density at radius 3 is 2.64 bits per heavy atom. The summed E-state index contributed by atoms with van der Waals surface area (Å²) in [6.45, 7) is 6.25. The van der Waals surface area contributed by atoms with E-state index in [-0.39, 0.29) is 5.56 Å². The number of hydrogen-bond acceptors (Lipinski definition) is 8. The maximum atomic E-state index is 13.0. The fourth-order valence-corrected chi connectivity index (χ4v) is 3.81. The van der Waals surface area contributed by atoms with Gasteiger partial charge in [-0.25, -0.2) is 4.68 Å². The Labute approximate surface area is 195 Å². The summed E-state index contributed by atoms with van der Waals surface area (Å²) in [6, 6.07) is 13.5. The molecule has 0 aliphatic rings. The molecule has 0 amide bonds. The molecule has 0 saturated carbocycles. The van der Waals surface area contributed by atoms with E-state index in [0.29, 0.717) is 17.4 Å². The van der Waals surface area contributed by atoms with Crippen molar-refractivity contribution < 1.29 is 4.74 Å². The van der Waals surface area contributed by atoms with Gasteiger partial charge in [0.15, 0.2) is 0 Å². The molecule has 0 aliphatic heterocycles. The molecule has 0 fully saturated rings. The van der Waals surface area contributed by atoms with Gasteiger partial charge in [0.1, 0.15) is 17.0 Å². The summed E-state index contributed by atoms with van der Waals surface area (Å²) in [6.07, 6.45) is 3.47. The van der Waals surface area contributed by atoms with Crippen LogP contribution in [0.5, 0.6) is 5.75 Å². The third-order valence-electron chi connectivity index (χ3n) is 5.07. The first-order valence-electron chi connectivity index (χ1n) is 10.4. The lowest BCUT2D eigenvalue weighted by Gasteiger charge is -2.16. The van der Waals surface area contributed by atoms with Crippen molar-refractivity contribution in [2.24, 2.45) is 5.10 Å². The van der Waals surface area contributed by atoms with Gasteiger partial charge in [0.2, 0.25) is 5.16 Å². The molecule has 2 heterocycles. The summed E-state index contributed by atoms with van der Waals surface area (Å²) in [7, 11) is 1.63. The Morgan fingerprint density at radius 2 is 1.91 bits per heavy atom. The summed E-state index contributed by atoms with van der Waals surface area (Å²) in [5, 5.41) is 21.7. The monoisotopic (exact) mass is 463 g/mol. The van der Waals surface area contributed by atoms with Crippen LogP contribution in [0.3, 0.4) is 0 Å². The van der Waals surface area contributed by atoms with Crippen molar-refractivity contribution in [1.82, 2.24) is 29.9 Å². The molecule has 4 rings (SSSR count). The number of para-hydroxylation sites is 1. The standard InChI is InChI=1S/C23H25N7O2S/c1-23(2,3)20-21(31)30(22(33-5)27-26-20)24-13-15-10-11-19(32-4)16(12-15)14-29-18-9-7-6-8-17(18)25-28-29/h6-13H,14H2,1-5H3. The Balaban J connectivity index is 1.71. The minimum atomic E-state index is -0.438. The van der Waals surface area contributed by atoms with E-state index in [1.165, 1.54) is 16.4 Å². The summed E-state index contributed by atoms with van der Waals surface area (Å²) in [5.41, 5.74) is 3.14. The largest absolute Gasteiger partial charge is 0.496 e. The van der Waals surface area contributed by atoms with E-state index < -0.39 is 5.41 Å². The van der Waals surface area contributed by atoms with Crippen LogP contribution in [0.25, 0.3) is 11.0 Å². The minimum Gasteiger partial charge on any atom is -0.496 e. The molecule has 0 saturated heterocycles. The zero-order chi connectivity index (χ0) is 23.6. The van der Waals surface area contributed by atoms with Crippen LogP contribution in [0.4, 0.5) is 0 Å². The molecule has 4 aromatic rings. The number of ether oxygens (including phenoxy) is 1. The van der Waals surface area contributed by atoms with Crippen molar-refractivity contribution in [2.75, 3.05) is 13.4 Å². The highest BCUT2D eigenvalue weighted by atomic mass is 32.2. The van der Waals surface area contributed by atoms with Crippen LogP contribution in [-0.4, -0.2) is 49.4 Å². The molecular weight excluding hydrogens is 438 g/mol. The lowest BCUT2D eigenvalue weighted by atomic mass is 9.93. The molecule has 33 heavy (non-hydrogen) atoms. The van der Waals surface area contributed by atoms with Crippen LogP contribution >= 0.6 is 11.8 Å². The zero-order valence-electron chi connectivity index (χ0n) is 19.2. The molecular formula is C23H25N7O2S. The van der Waals surface area contributed by atoms with Crippen molar-refractivity contribution in [1.29, 1.82) is 0 Å². The number of rotatable bonds is 6. The van der Waals surface area contributed by atoms with Crippen molar-refractivity contribution in [3.05, 3.63) is 69.6 Å². The number of hydrogen-bond donors (Lipinski definition) is 0. The van der Waals surface area contributed by atoms with Gasteiger partial charge in [-0.2, -0.15) is 9.78 Å². The fourth-order valence-electron chi connectivity index (χ4n) is 3.39. The van der Waals surface area contributed by atoms with E-state index in [1.807, 2.05) is 74.2 Å². The third kappa shape index (κ3) is 4.65. The minimum absolute atomic E-state index is 0.277. The molecule has 0 spiro atoms. The Kier molecular flexibility index (Phi) is 6.28. The average molecular weight is 464 g/mol. The number of nitrogens with zero attached hydrogens (tertiary/aromatic N) is 7. The Bertz CT molecular complexity index is 1390. The van der Waals surface area contributed by atoms with Crippen LogP contribution in [0, 0.1) is 0 Å². The zero-order valence-corrected chi connectivity index (χ0v) is 20.0. The van der Waals surface area contributed by atoms with Crippen molar-refractivity contribution >= 4 is 29.0 Å². The number of fused-ring (bicyclic) bond motifs is 1. The molecule has 9 nitrogen and oxygen atoms in total. The van der Waals surface area contributed by atoms with Gasteiger partial charge in [0.25, 0.3) is 5.56 Å². The SMILES string of the molecule is COc1ccc(C=Nn2c(SC)nnc(C(C)(C)C)c2=O)cc1Cn1nnc2ccccc21. The first-order valence-corrected chi connectivity index (χ1v) is 11.6. The molecule has 0 atom stereocenters. The lowest BCUT2D eigenvalue weighted by Crippen LogP contribution is -2.32. The smallest absolute Gasteiger partial charge is 0.297 e. The second kappa shape index (κ2) is 9.14. The van der Waals surface area contributed by atoms with Crippen molar-refractivity contribution in [3.8, 4) is 5.75 Å². The van der Waals surface area contributed by atoms with E-state index in [9.17, 15) is 4.79 Å². The average Bonchev–Trinajstić information content (AvgIpc) is 3.20. The topological polar surface area (TPSA) is 100 Å². The maximum Gasteiger partial charge on any atom is 0.297 e. The summed E-state index contributed by atoms with van der Waals surface area (Å²) in [5.74, 6) is 0.731. The van der Waals surface area contributed by atoms with Gasteiger partial charge in [-0.1, -0.05) is 49.9 Å². The Morgan fingerprint density at radius 1 is 1.12 bits per heavy atom. The first kappa shape index (κ1) is 22.7. The van der Waals surface area contributed by atoms with Gasteiger partial charge >= 0.3 is 0 Å². The van der Waals surface area contributed by atoms with E-state index in [0.717, 1.165) is 27.9 Å². The molecule has 0 N–H and O–H groups in total. The highest BCUT2D eigenvalue weighted by Gasteiger charge is 2.23. The molecule has 0 unspecified atom stereocenters. The van der Waals surface area contributed by atoms with Gasteiger partial charge in [0, 0.05) is 11.0 Å². The van der Waals surface area contributed by atoms with Crippen LogP contribution in [-0.2, 0) is 12.0 Å². The summed E-state index contributed by atoms with van der Waals surface area (Å²) < 4.78 is 8.67. The first-order chi connectivity index (χ1) is 15.8. The molecule has 2 aromatic heterocycles. The Hall–Kier alpha value is -3.53. The van der Waals surface area contributed by atoms with Gasteiger partial charge in [-0.3, -0.25) is 4.79 Å². The molecule has 10 heteroatoms. The maximum absolute atomic E-state index is 13.0. The summed E-state index contributed by atoms with van der Waals surface area (Å²) >= 11 is 1.31. The number of methoxy groups -OCH3 is 1. The van der Waals surface area contributed by atoms with Gasteiger partial charge in [-0.05, 0) is 42.2 Å². The van der Waals surface area contributed by atoms with Crippen LogP contribution in [0.1, 0.15) is 37.6 Å². The molecule has 0 radical (unpaired) electrons. The predicted molar refractivity (Wildman–Crippen MR) is 129 cm³/mol. The van der Waals surface area contributed by atoms with Crippen LogP contribution < -0.4 is 10.3 Å². The van der Waals surface area contributed by atoms with Crippen LogP contribution in [0.2, 0.25) is 0 Å². The summed E-state index contributed by atoms with van der Waals surface area (Å²) in [4.78, 5) is 13.0. The van der Waals surface area contributed by atoms with Gasteiger partial charge in [-0.15, -0.1) is 15.3 Å². The quantitative estimate of drug-likeness (QED) is 0.319. The molecule has 2 aromatic carbocycles. The number of benzene rings is 2. The number of aromatic nitrogens is 6. The van der Waals surface area contributed by atoms with E-state index in [1.54, 1.807) is 13.3 Å². The van der Waals surface area contributed by atoms with E-state index in [4.69, 9.17) is 4.74 Å². The van der Waals surface area contributed by atoms with Gasteiger partial charge < -0.3 is 4.74 Å².